The van der Waals surface area contributed by atoms with E-state index in [0.717, 1.165) is 6.07 Å². The lowest BCUT2D eigenvalue weighted by Crippen LogP contribution is -2.12. The van der Waals surface area contributed by atoms with Crippen molar-refractivity contribution in [2.45, 2.75) is 12.3 Å². The summed E-state index contributed by atoms with van der Waals surface area (Å²) in [5.41, 5.74) is -0.727. The lowest BCUT2D eigenvalue weighted by Gasteiger charge is -2.18. The van der Waals surface area contributed by atoms with E-state index in [9.17, 15) is 18.3 Å². The summed E-state index contributed by atoms with van der Waals surface area (Å²) in [4.78, 5) is 0. The SMILES string of the molecule is OC(c1ccccc1)c1ccc(Cl)cc1C(F)(F)F. The van der Waals surface area contributed by atoms with Crippen LogP contribution in [0.4, 0.5) is 13.2 Å². The van der Waals surface area contributed by atoms with E-state index in [1.165, 1.54) is 12.1 Å². The fourth-order valence-corrected chi connectivity index (χ4v) is 2.00. The lowest BCUT2D eigenvalue weighted by atomic mass is 9.96. The van der Waals surface area contributed by atoms with Gasteiger partial charge in [0.15, 0.2) is 0 Å². The third kappa shape index (κ3) is 3.08. The minimum atomic E-state index is -4.56. The standard InChI is InChI=1S/C14H10ClF3O/c15-10-6-7-11(12(8-10)14(16,17)18)13(19)9-4-2-1-3-5-9/h1-8,13,19H. The van der Waals surface area contributed by atoms with Gasteiger partial charge < -0.3 is 5.11 Å². The molecule has 1 unspecified atom stereocenters. The number of aliphatic hydroxyl groups is 1. The molecule has 1 atom stereocenters. The molecule has 2 aromatic carbocycles. The fourth-order valence-electron chi connectivity index (χ4n) is 1.83. The van der Waals surface area contributed by atoms with Gasteiger partial charge in [-0.05, 0) is 23.3 Å². The van der Waals surface area contributed by atoms with Crippen molar-refractivity contribution >= 4 is 11.6 Å². The van der Waals surface area contributed by atoms with Crippen LogP contribution in [-0.4, -0.2) is 5.11 Å². The summed E-state index contributed by atoms with van der Waals surface area (Å²) in [6.07, 6.45) is -5.90. The van der Waals surface area contributed by atoms with Crippen molar-refractivity contribution in [3.05, 3.63) is 70.2 Å². The molecule has 0 heterocycles. The molecule has 2 rings (SSSR count). The maximum absolute atomic E-state index is 12.9. The molecule has 0 saturated carbocycles. The average molecular weight is 287 g/mol. The molecule has 2 aromatic rings. The molecule has 0 spiro atoms. The molecule has 0 amide bonds. The van der Waals surface area contributed by atoms with Gasteiger partial charge in [-0.1, -0.05) is 48.0 Å². The minimum absolute atomic E-state index is 0.0173. The second kappa shape index (κ2) is 5.23. The number of aliphatic hydroxyl groups excluding tert-OH is 1. The molecule has 0 saturated heterocycles. The Labute approximate surface area is 113 Å². The van der Waals surface area contributed by atoms with Gasteiger partial charge in [0.25, 0.3) is 0 Å². The highest BCUT2D eigenvalue weighted by Gasteiger charge is 2.35. The van der Waals surface area contributed by atoms with Crippen molar-refractivity contribution in [1.29, 1.82) is 0 Å². The van der Waals surface area contributed by atoms with Crippen LogP contribution in [0.25, 0.3) is 0 Å². The van der Waals surface area contributed by atoms with Gasteiger partial charge in [0.05, 0.1) is 5.56 Å². The second-order valence-corrected chi connectivity index (χ2v) is 4.48. The van der Waals surface area contributed by atoms with E-state index in [-0.39, 0.29) is 10.6 Å². The van der Waals surface area contributed by atoms with E-state index in [1.807, 2.05) is 0 Å². The van der Waals surface area contributed by atoms with Gasteiger partial charge in [-0.3, -0.25) is 0 Å². The number of benzene rings is 2. The number of alkyl halides is 3. The van der Waals surface area contributed by atoms with Crippen LogP contribution < -0.4 is 0 Å². The zero-order valence-corrected chi connectivity index (χ0v) is 10.4. The van der Waals surface area contributed by atoms with Gasteiger partial charge in [0.1, 0.15) is 6.10 Å². The normalized spacial score (nSPS) is 13.3. The fraction of sp³-hybridized carbons (Fsp3) is 0.143. The van der Waals surface area contributed by atoms with E-state index in [4.69, 9.17) is 11.6 Å². The Morgan fingerprint density at radius 1 is 1.00 bits per heavy atom. The van der Waals surface area contributed by atoms with E-state index >= 15 is 0 Å². The molecule has 0 aliphatic heterocycles. The summed E-state index contributed by atoms with van der Waals surface area (Å²) < 4.78 is 38.8. The molecule has 0 aliphatic rings. The number of halogens is 4. The maximum Gasteiger partial charge on any atom is 0.416 e. The van der Waals surface area contributed by atoms with E-state index in [1.54, 1.807) is 30.3 Å². The molecule has 0 aromatic heterocycles. The van der Waals surface area contributed by atoms with Crippen molar-refractivity contribution in [1.82, 2.24) is 0 Å². The Kier molecular flexibility index (Phi) is 3.83. The Morgan fingerprint density at radius 2 is 1.63 bits per heavy atom. The molecule has 5 heteroatoms. The van der Waals surface area contributed by atoms with Crippen LogP contribution in [0.15, 0.2) is 48.5 Å². The van der Waals surface area contributed by atoms with E-state index < -0.39 is 17.8 Å². The van der Waals surface area contributed by atoms with Crippen LogP contribution in [-0.2, 0) is 6.18 Å². The summed E-state index contributed by atoms with van der Waals surface area (Å²) in [6.45, 7) is 0. The summed E-state index contributed by atoms with van der Waals surface area (Å²) >= 11 is 5.59. The molecule has 19 heavy (non-hydrogen) atoms. The first-order valence-electron chi connectivity index (χ1n) is 5.49. The van der Waals surface area contributed by atoms with E-state index in [0.29, 0.717) is 5.56 Å². The van der Waals surface area contributed by atoms with Crippen LogP contribution in [0.3, 0.4) is 0 Å². The van der Waals surface area contributed by atoms with Crippen molar-refractivity contribution in [3.8, 4) is 0 Å². The minimum Gasteiger partial charge on any atom is -0.384 e. The topological polar surface area (TPSA) is 20.2 Å². The lowest BCUT2D eigenvalue weighted by molar-refractivity contribution is -0.139. The Morgan fingerprint density at radius 3 is 2.21 bits per heavy atom. The Balaban J connectivity index is 2.51. The molecule has 1 N–H and O–H groups in total. The molecular weight excluding hydrogens is 277 g/mol. The Hall–Kier alpha value is -1.52. The van der Waals surface area contributed by atoms with Crippen LogP contribution in [0, 0.1) is 0 Å². The van der Waals surface area contributed by atoms with Crippen molar-refractivity contribution in [3.63, 3.8) is 0 Å². The van der Waals surface area contributed by atoms with Gasteiger partial charge in [-0.2, -0.15) is 13.2 Å². The van der Waals surface area contributed by atoms with Crippen LogP contribution in [0.5, 0.6) is 0 Å². The van der Waals surface area contributed by atoms with Gasteiger partial charge >= 0.3 is 6.18 Å². The van der Waals surface area contributed by atoms with Crippen molar-refractivity contribution in [2.24, 2.45) is 0 Å². The molecule has 0 fully saturated rings. The zero-order valence-electron chi connectivity index (χ0n) is 9.66. The number of rotatable bonds is 2. The molecule has 0 bridgehead atoms. The van der Waals surface area contributed by atoms with Gasteiger partial charge in [0.2, 0.25) is 0 Å². The smallest absolute Gasteiger partial charge is 0.384 e. The quantitative estimate of drug-likeness (QED) is 0.865. The third-order valence-corrected chi connectivity index (χ3v) is 2.97. The molecule has 1 nitrogen and oxygen atoms in total. The second-order valence-electron chi connectivity index (χ2n) is 4.04. The molecule has 100 valence electrons. The predicted octanol–water partition coefficient (Wildman–Crippen LogP) is 4.44. The predicted molar refractivity (Wildman–Crippen MR) is 67.0 cm³/mol. The van der Waals surface area contributed by atoms with Gasteiger partial charge in [-0.15, -0.1) is 0 Å². The van der Waals surface area contributed by atoms with Crippen molar-refractivity contribution in [2.75, 3.05) is 0 Å². The summed E-state index contributed by atoms with van der Waals surface area (Å²) in [6, 6.07) is 11.5. The highest BCUT2D eigenvalue weighted by atomic mass is 35.5. The summed E-state index contributed by atoms with van der Waals surface area (Å²) in [5, 5.41) is 10.1. The largest absolute Gasteiger partial charge is 0.416 e. The van der Waals surface area contributed by atoms with Gasteiger partial charge in [-0.25, -0.2) is 0 Å². The third-order valence-electron chi connectivity index (χ3n) is 2.73. The number of hydrogen-bond donors (Lipinski definition) is 1. The number of hydrogen-bond acceptors (Lipinski definition) is 1. The molecule has 0 radical (unpaired) electrons. The first-order chi connectivity index (χ1) is 8.89. The highest BCUT2D eigenvalue weighted by molar-refractivity contribution is 6.30. The average Bonchev–Trinajstić information content (AvgIpc) is 2.38. The molecular formula is C14H10ClF3O. The van der Waals surface area contributed by atoms with Crippen LogP contribution in [0.1, 0.15) is 22.8 Å². The van der Waals surface area contributed by atoms with Gasteiger partial charge in [0, 0.05) is 5.02 Å². The molecule has 0 aliphatic carbocycles. The first-order valence-corrected chi connectivity index (χ1v) is 5.87. The van der Waals surface area contributed by atoms with Crippen molar-refractivity contribution < 1.29 is 18.3 Å². The highest BCUT2D eigenvalue weighted by Crippen LogP contribution is 2.37. The van der Waals surface area contributed by atoms with Crippen LogP contribution in [0.2, 0.25) is 5.02 Å². The zero-order chi connectivity index (χ0) is 14.0. The van der Waals surface area contributed by atoms with Crippen LogP contribution >= 0.6 is 11.6 Å². The first kappa shape index (κ1) is 13.9. The summed E-state index contributed by atoms with van der Waals surface area (Å²) in [7, 11) is 0. The maximum atomic E-state index is 12.9. The monoisotopic (exact) mass is 286 g/mol. The Bertz CT molecular complexity index is 567. The van der Waals surface area contributed by atoms with E-state index in [2.05, 4.69) is 0 Å². The summed E-state index contributed by atoms with van der Waals surface area (Å²) in [5.74, 6) is 0.